The maximum atomic E-state index is 13.3. The molecule has 0 aliphatic carbocycles. The first-order valence-corrected chi connectivity index (χ1v) is 8.66. The minimum absolute atomic E-state index is 0. The number of benzene rings is 1. The van der Waals surface area contributed by atoms with Gasteiger partial charge in [-0.15, -0.1) is 12.4 Å². The van der Waals surface area contributed by atoms with Crippen LogP contribution in [-0.4, -0.2) is 48.3 Å². The average molecular weight is 393 g/mol. The van der Waals surface area contributed by atoms with E-state index in [1.165, 1.54) is 0 Å². The van der Waals surface area contributed by atoms with Gasteiger partial charge in [-0.05, 0) is 45.0 Å². The molecular weight excluding hydrogens is 369 g/mol. The number of hydrogen-bond acceptors (Lipinski definition) is 3. The van der Waals surface area contributed by atoms with Crippen molar-refractivity contribution in [2.45, 2.75) is 50.4 Å². The molecule has 1 amide bonds. The first kappa shape index (κ1) is 20.8. The van der Waals surface area contributed by atoms with E-state index in [1.54, 1.807) is 12.1 Å². The summed E-state index contributed by atoms with van der Waals surface area (Å²) >= 11 is 0. The van der Waals surface area contributed by atoms with Crippen molar-refractivity contribution in [3.63, 3.8) is 0 Å². The Kier molecular flexibility index (Phi) is 6.45. The fourth-order valence-corrected chi connectivity index (χ4v) is 3.63. The normalized spacial score (nSPS) is 22.6. The highest BCUT2D eigenvalue weighted by atomic mass is 35.5. The summed E-state index contributed by atoms with van der Waals surface area (Å²) in [5.41, 5.74) is -0.177. The summed E-state index contributed by atoms with van der Waals surface area (Å²) in [7, 11) is 0. The predicted octanol–water partition coefficient (Wildman–Crippen LogP) is 3.47. The number of carbonyl (C=O) groups is 1. The number of ether oxygens (including phenoxy) is 1. The van der Waals surface area contributed by atoms with Crippen LogP contribution < -0.4 is 10.1 Å². The lowest BCUT2D eigenvalue weighted by atomic mass is 9.90. The molecule has 3 rings (SSSR count). The van der Waals surface area contributed by atoms with Crippen LogP contribution in [0.25, 0.3) is 0 Å². The lowest BCUT2D eigenvalue weighted by Gasteiger charge is -2.40. The number of halogens is 4. The first-order chi connectivity index (χ1) is 11.8. The molecule has 146 valence electrons. The van der Waals surface area contributed by atoms with E-state index < -0.39 is 23.7 Å². The van der Waals surface area contributed by atoms with Gasteiger partial charge in [0.2, 0.25) is 0 Å². The molecular formula is C18H24ClF3N2O2. The van der Waals surface area contributed by atoms with Crippen LogP contribution in [0, 0.1) is 6.92 Å². The minimum atomic E-state index is -4.40. The van der Waals surface area contributed by atoms with Gasteiger partial charge in [-0.2, -0.15) is 13.2 Å². The van der Waals surface area contributed by atoms with Crippen molar-refractivity contribution in [1.29, 1.82) is 0 Å². The number of likely N-dealkylation sites (tertiary alicyclic amines) is 1. The van der Waals surface area contributed by atoms with Gasteiger partial charge in [0.05, 0.1) is 0 Å². The second kappa shape index (κ2) is 8.05. The molecule has 2 saturated heterocycles. The Morgan fingerprint density at radius 2 is 1.85 bits per heavy atom. The second-order valence-corrected chi connectivity index (χ2v) is 6.86. The van der Waals surface area contributed by atoms with E-state index in [4.69, 9.17) is 4.74 Å². The predicted molar refractivity (Wildman–Crippen MR) is 94.7 cm³/mol. The van der Waals surface area contributed by atoms with E-state index in [9.17, 15) is 18.0 Å². The molecule has 26 heavy (non-hydrogen) atoms. The molecule has 8 heteroatoms. The van der Waals surface area contributed by atoms with Crippen molar-refractivity contribution in [3.05, 3.63) is 29.8 Å². The fraction of sp³-hybridized carbons (Fsp3) is 0.611. The Labute approximate surface area is 157 Å². The molecule has 1 unspecified atom stereocenters. The molecule has 0 aromatic heterocycles. The van der Waals surface area contributed by atoms with E-state index in [0.717, 1.165) is 10.5 Å². The van der Waals surface area contributed by atoms with E-state index in [1.807, 2.05) is 19.1 Å². The van der Waals surface area contributed by atoms with Gasteiger partial charge in [0, 0.05) is 19.4 Å². The molecule has 0 radical (unpaired) electrons. The molecule has 0 bridgehead atoms. The highest BCUT2D eigenvalue weighted by Crippen LogP contribution is 2.37. The van der Waals surface area contributed by atoms with Crippen LogP contribution in [0.15, 0.2) is 24.3 Å². The monoisotopic (exact) mass is 392 g/mol. The molecule has 0 spiro atoms. The summed E-state index contributed by atoms with van der Waals surface area (Å²) in [6.45, 7) is 3.16. The van der Waals surface area contributed by atoms with Gasteiger partial charge in [-0.3, -0.25) is 4.79 Å². The number of hydrogen-bond donors (Lipinski definition) is 1. The number of nitrogens with one attached hydrogen (secondary N) is 1. The largest absolute Gasteiger partial charge is 0.477 e. The third-order valence-corrected chi connectivity index (χ3v) is 5.03. The van der Waals surface area contributed by atoms with Gasteiger partial charge in [-0.25, -0.2) is 0 Å². The second-order valence-electron chi connectivity index (χ2n) is 6.86. The number of piperidine rings is 1. The highest BCUT2D eigenvalue weighted by molar-refractivity contribution is 5.86. The molecule has 1 aromatic rings. The van der Waals surface area contributed by atoms with Crippen LogP contribution in [0.3, 0.4) is 0 Å². The minimum Gasteiger partial charge on any atom is -0.477 e. The number of nitrogens with zero attached hydrogens (tertiary/aromatic N) is 1. The number of aryl methyl sites for hydroxylation is 1. The van der Waals surface area contributed by atoms with Gasteiger partial charge in [-0.1, -0.05) is 17.7 Å². The van der Waals surface area contributed by atoms with Crippen molar-refractivity contribution in [2.24, 2.45) is 0 Å². The average Bonchev–Trinajstić information content (AvgIpc) is 3.07. The SMILES string of the molecule is Cc1ccc(OC2(C(=O)N3CCCC3C(F)(F)F)CCNCC2)cc1.Cl. The molecule has 1 N–H and O–H groups in total. The maximum absolute atomic E-state index is 13.3. The zero-order valence-corrected chi connectivity index (χ0v) is 15.5. The smallest absolute Gasteiger partial charge is 0.408 e. The Hall–Kier alpha value is -1.47. The molecule has 4 nitrogen and oxygen atoms in total. The Morgan fingerprint density at radius 3 is 2.42 bits per heavy atom. The third-order valence-electron chi connectivity index (χ3n) is 5.03. The Bertz CT molecular complexity index is 616. The van der Waals surface area contributed by atoms with Gasteiger partial charge >= 0.3 is 6.18 Å². The Balaban J connectivity index is 0.00000243. The molecule has 1 atom stereocenters. The van der Waals surface area contributed by atoms with Crippen molar-refractivity contribution in [1.82, 2.24) is 10.2 Å². The summed E-state index contributed by atoms with van der Waals surface area (Å²) in [6, 6.07) is 5.55. The standard InChI is InChI=1S/C18H23F3N2O2.ClH/c1-13-4-6-14(7-5-13)25-17(8-10-22-11-9-17)16(24)23-12-2-3-15(23)18(19,20)21;/h4-7,15,22H,2-3,8-12H2,1H3;1H. The number of alkyl halides is 3. The van der Waals surface area contributed by atoms with Gasteiger partial charge in [0.15, 0.2) is 5.60 Å². The van der Waals surface area contributed by atoms with Crippen LogP contribution in [0.2, 0.25) is 0 Å². The summed E-state index contributed by atoms with van der Waals surface area (Å²) < 4.78 is 45.9. The Morgan fingerprint density at radius 1 is 1.23 bits per heavy atom. The van der Waals surface area contributed by atoms with Crippen molar-refractivity contribution in [3.8, 4) is 5.75 Å². The van der Waals surface area contributed by atoms with Gasteiger partial charge < -0.3 is 15.0 Å². The molecule has 1 aromatic carbocycles. The summed E-state index contributed by atoms with van der Waals surface area (Å²) in [4.78, 5) is 14.1. The first-order valence-electron chi connectivity index (χ1n) is 8.66. The van der Waals surface area contributed by atoms with Crippen molar-refractivity contribution >= 4 is 18.3 Å². The van der Waals surface area contributed by atoms with Crippen LogP contribution >= 0.6 is 12.4 Å². The molecule has 2 aliphatic rings. The fourth-order valence-electron chi connectivity index (χ4n) is 3.63. The number of carbonyl (C=O) groups excluding carboxylic acids is 1. The van der Waals surface area contributed by atoms with E-state index in [-0.39, 0.29) is 25.4 Å². The van der Waals surface area contributed by atoms with Gasteiger partial charge in [0.25, 0.3) is 5.91 Å². The van der Waals surface area contributed by atoms with Crippen molar-refractivity contribution < 1.29 is 22.7 Å². The third kappa shape index (κ3) is 4.26. The topological polar surface area (TPSA) is 41.6 Å². The quantitative estimate of drug-likeness (QED) is 0.856. The lowest BCUT2D eigenvalue weighted by Crippen LogP contribution is -2.60. The van der Waals surface area contributed by atoms with Crippen LogP contribution in [-0.2, 0) is 4.79 Å². The van der Waals surface area contributed by atoms with Crippen LogP contribution in [0.4, 0.5) is 13.2 Å². The van der Waals surface area contributed by atoms with E-state index >= 15 is 0 Å². The van der Waals surface area contributed by atoms with E-state index in [0.29, 0.717) is 38.1 Å². The molecule has 2 heterocycles. The van der Waals surface area contributed by atoms with E-state index in [2.05, 4.69) is 5.32 Å². The maximum Gasteiger partial charge on any atom is 0.408 e. The number of rotatable bonds is 3. The number of amides is 1. The zero-order chi connectivity index (χ0) is 18.1. The summed E-state index contributed by atoms with van der Waals surface area (Å²) in [5, 5.41) is 3.15. The van der Waals surface area contributed by atoms with Crippen LogP contribution in [0.1, 0.15) is 31.2 Å². The van der Waals surface area contributed by atoms with Gasteiger partial charge in [0.1, 0.15) is 11.8 Å². The highest BCUT2D eigenvalue weighted by Gasteiger charge is 2.53. The lowest BCUT2D eigenvalue weighted by molar-refractivity contribution is -0.190. The summed E-state index contributed by atoms with van der Waals surface area (Å²) in [6.07, 6.45) is -3.34. The zero-order valence-electron chi connectivity index (χ0n) is 14.6. The van der Waals surface area contributed by atoms with Crippen molar-refractivity contribution in [2.75, 3.05) is 19.6 Å². The molecule has 2 fully saturated rings. The summed E-state index contributed by atoms with van der Waals surface area (Å²) in [5.74, 6) is -0.0157. The molecule has 0 saturated carbocycles. The van der Waals surface area contributed by atoms with Crippen LogP contribution in [0.5, 0.6) is 5.75 Å². The molecule has 2 aliphatic heterocycles.